The smallest absolute Gasteiger partial charge is 0.272 e. The lowest BCUT2D eigenvalue weighted by Crippen LogP contribution is -2.19. The van der Waals surface area contributed by atoms with Gasteiger partial charge in [-0.1, -0.05) is 0 Å². The predicted octanol–water partition coefficient (Wildman–Crippen LogP) is 0.569. The zero-order valence-corrected chi connectivity index (χ0v) is 4.14. The van der Waals surface area contributed by atoms with E-state index in [9.17, 15) is 9.18 Å². The quantitative estimate of drug-likeness (QED) is 0.278. The first-order valence-electron chi connectivity index (χ1n) is 1.65. The minimum Gasteiger partial charge on any atom is -0.272 e. The summed E-state index contributed by atoms with van der Waals surface area (Å²) in [4.78, 5) is 13.6. The van der Waals surface area contributed by atoms with Gasteiger partial charge in [0.25, 0.3) is 0 Å². The van der Waals surface area contributed by atoms with Crippen LogP contribution >= 0.6 is 0 Å². The van der Waals surface area contributed by atoms with Gasteiger partial charge in [0.1, 0.15) is 0 Å². The lowest BCUT2D eigenvalue weighted by Gasteiger charge is -2.04. The van der Waals surface area contributed by atoms with Gasteiger partial charge in [0, 0.05) is 7.05 Å². The predicted molar refractivity (Wildman–Crippen MR) is 21.3 cm³/mol. The highest BCUT2D eigenvalue weighted by Crippen LogP contribution is 1.84. The Balaban J connectivity index is 3.34. The maximum atomic E-state index is 11.3. The zero-order valence-electron chi connectivity index (χ0n) is 4.14. The van der Waals surface area contributed by atoms with Crippen molar-refractivity contribution in [2.45, 2.75) is 0 Å². The molecule has 0 rings (SSSR count). The van der Waals surface area contributed by atoms with Gasteiger partial charge < -0.3 is 0 Å². The van der Waals surface area contributed by atoms with Crippen molar-refractivity contribution in [2.75, 3.05) is 14.2 Å². The molecule has 0 spiro atoms. The van der Waals surface area contributed by atoms with Crippen molar-refractivity contribution >= 4 is 6.16 Å². The van der Waals surface area contributed by atoms with Crippen molar-refractivity contribution in [1.29, 1.82) is 0 Å². The Morgan fingerprint density at radius 1 is 1.86 bits per heavy atom. The second kappa shape index (κ2) is 2.52. The molecule has 0 aliphatic rings. The number of carbonyl (C=O) groups excluding carboxylic acids is 1. The summed E-state index contributed by atoms with van der Waals surface area (Å²) in [5.74, 6) is 0. The van der Waals surface area contributed by atoms with E-state index in [1.54, 1.807) is 0 Å². The number of rotatable bonds is 1. The number of hydrogen-bond acceptors (Lipinski definition) is 2. The fourth-order valence-corrected chi connectivity index (χ4v) is 0.0718. The van der Waals surface area contributed by atoms with Crippen LogP contribution in [0, 0.1) is 0 Å². The third kappa shape index (κ3) is 2.11. The van der Waals surface area contributed by atoms with E-state index in [0.29, 0.717) is 5.06 Å². The van der Waals surface area contributed by atoms with Gasteiger partial charge in [-0.15, -0.1) is 4.39 Å². The maximum absolute atomic E-state index is 11.3. The van der Waals surface area contributed by atoms with Gasteiger partial charge in [0.15, 0.2) is 0 Å². The van der Waals surface area contributed by atoms with E-state index >= 15 is 0 Å². The van der Waals surface area contributed by atoms with Crippen LogP contribution in [-0.2, 0) is 4.84 Å². The topological polar surface area (TPSA) is 29.5 Å². The highest BCUT2D eigenvalue weighted by molar-refractivity contribution is 5.64. The Kier molecular flexibility index (Phi) is 2.29. The molecule has 0 radical (unpaired) electrons. The first-order valence-corrected chi connectivity index (χ1v) is 1.65. The van der Waals surface area contributed by atoms with Gasteiger partial charge in [-0.2, -0.15) is 5.06 Å². The molecule has 0 aliphatic carbocycles. The summed E-state index contributed by atoms with van der Waals surface area (Å²) in [7, 11) is 2.39. The van der Waals surface area contributed by atoms with Crippen LogP contribution in [0.1, 0.15) is 0 Å². The zero-order chi connectivity index (χ0) is 5.86. The van der Waals surface area contributed by atoms with Gasteiger partial charge >= 0.3 is 6.16 Å². The molecule has 0 fully saturated rings. The molecule has 0 heterocycles. The molecule has 0 unspecified atom stereocenters. The molecule has 7 heavy (non-hydrogen) atoms. The summed E-state index contributed by atoms with van der Waals surface area (Å²) in [5.41, 5.74) is 0. The molecule has 0 aromatic carbocycles. The van der Waals surface area contributed by atoms with E-state index in [4.69, 9.17) is 0 Å². The molecular formula is C3H6FNO2. The van der Waals surface area contributed by atoms with Gasteiger partial charge in [-0.05, 0) is 0 Å². The summed E-state index contributed by atoms with van der Waals surface area (Å²) in [6, 6.07) is 0. The van der Waals surface area contributed by atoms with Crippen LogP contribution in [0.5, 0.6) is 0 Å². The highest BCUT2D eigenvalue weighted by Gasteiger charge is 2.01. The van der Waals surface area contributed by atoms with Crippen LogP contribution in [0.3, 0.4) is 0 Å². The molecule has 0 aliphatic heterocycles. The lowest BCUT2D eigenvalue weighted by atomic mass is 11.1. The fraction of sp³-hybridized carbons (Fsp3) is 0.667. The minimum absolute atomic E-state index is 0.486. The summed E-state index contributed by atoms with van der Waals surface area (Å²) in [6.45, 7) is 0. The molecule has 0 N–H and O–H groups in total. The number of hydrogen-bond donors (Lipinski definition) is 0. The molecule has 1 amide bonds. The third-order valence-electron chi connectivity index (χ3n) is 0.521. The minimum atomic E-state index is -1.59. The number of halogens is 1. The monoisotopic (exact) mass is 107 g/mol. The van der Waals surface area contributed by atoms with Crippen molar-refractivity contribution in [3.63, 3.8) is 0 Å². The van der Waals surface area contributed by atoms with Gasteiger partial charge in [-0.25, -0.2) is 4.79 Å². The van der Waals surface area contributed by atoms with E-state index < -0.39 is 6.16 Å². The summed E-state index contributed by atoms with van der Waals surface area (Å²) < 4.78 is 11.3. The molecule has 0 aromatic heterocycles. The largest absolute Gasteiger partial charge is 0.423 e. The van der Waals surface area contributed by atoms with Crippen molar-refractivity contribution in [3.05, 3.63) is 0 Å². The van der Waals surface area contributed by atoms with Crippen molar-refractivity contribution < 1.29 is 14.0 Å². The average Bonchev–Trinajstić information content (AvgIpc) is 1.65. The lowest BCUT2D eigenvalue weighted by molar-refractivity contribution is -0.0732. The van der Waals surface area contributed by atoms with Crippen molar-refractivity contribution in [3.8, 4) is 0 Å². The third-order valence-corrected chi connectivity index (χ3v) is 0.521. The van der Waals surface area contributed by atoms with Crippen LogP contribution < -0.4 is 0 Å². The Hall–Kier alpha value is -0.640. The molecule has 3 nitrogen and oxygen atoms in total. The van der Waals surface area contributed by atoms with E-state index in [0.717, 1.165) is 0 Å². The van der Waals surface area contributed by atoms with Gasteiger partial charge in [0.05, 0.1) is 7.11 Å². The van der Waals surface area contributed by atoms with Gasteiger partial charge in [0.2, 0.25) is 0 Å². The van der Waals surface area contributed by atoms with Crippen LogP contribution in [0.2, 0.25) is 0 Å². The highest BCUT2D eigenvalue weighted by atomic mass is 19.1. The maximum Gasteiger partial charge on any atom is 0.423 e. The molecule has 0 saturated heterocycles. The standard InChI is InChI=1S/C3H6FNO2/c1-5(7-2)3(4)6/h1-2H3. The number of hydroxylamine groups is 2. The van der Waals surface area contributed by atoms with Crippen molar-refractivity contribution in [1.82, 2.24) is 5.06 Å². The Morgan fingerprint density at radius 3 is 2.29 bits per heavy atom. The Morgan fingerprint density at radius 2 is 2.29 bits per heavy atom. The Bertz CT molecular complexity index is 75.3. The first kappa shape index (κ1) is 6.36. The second-order valence-corrected chi connectivity index (χ2v) is 0.933. The molecule has 0 atom stereocenters. The molecule has 0 aromatic rings. The number of amides is 1. The molecular weight excluding hydrogens is 101 g/mol. The molecule has 0 bridgehead atoms. The van der Waals surface area contributed by atoms with Crippen molar-refractivity contribution in [2.24, 2.45) is 0 Å². The van der Waals surface area contributed by atoms with Crippen LogP contribution in [0.25, 0.3) is 0 Å². The van der Waals surface area contributed by atoms with Crippen LogP contribution in [-0.4, -0.2) is 25.4 Å². The van der Waals surface area contributed by atoms with E-state index in [2.05, 4.69) is 4.84 Å². The van der Waals surface area contributed by atoms with E-state index in [1.807, 2.05) is 0 Å². The normalized spacial score (nSPS) is 8.43. The number of carbonyl (C=O) groups is 1. The number of nitrogens with zero attached hydrogens (tertiary/aromatic N) is 1. The molecule has 42 valence electrons. The van der Waals surface area contributed by atoms with E-state index in [-0.39, 0.29) is 0 Å². The second-order valence-electron chi connectivity index (χ2n) is 0.933. The molecule has 4 heteroatoms. The first-order chi connectivity index (χ1) is 3.18. The Labute approximate surface area is 40.6 Å². The van der Waals surface area contributed by atoms with Gasteiger partial charge in [-0.3, -0.25) is 4.84 Å². The summed E-state index contributed by atoms with van der Waals surface area (Å²) >= 11 is 0. The average molecular weight is 107 g/mol. The fourth-order valence-electron chi connectivity index (χ4n) is 0.0718. The van der Waals surface area contributed by atoms with E-state index in [1.165, 1.54) is 14.2 Å². The molecule has 0 saturated carbocycles. The SMILES string of the molecule is CON(C)C(=O)F. The summed E-state index contributed by atoms with van der Waals surface area (Å²) in [6.07, 6.45) is -1.59. The van der Waals surface area contributed by atoms with Crippen LogP contribution in [0.15, 0.2) is 0 Å². The summed E-state index contributed by atoms with van der Waals surface area (Å²) in [5, 5.41) is 0.486. The van der Waals surface area contributed by atoms with Crippen LogP contribution in [0.4, 0.5) is 9.18 Å².